The van der Waals surface area contributed by atoms with Gasteiger partial charge in [-0.15, -0.1) is 0 Å². The van der Waals surface area contributed by atoms with Crippen molar-refractivity contribution in [2.24, 2.45) is 0 Å². The molecule has 1 atom stereocenters. The van der Waals surface area contributed by atoms with Crippen LogP contribution < -0.4 is 5.32 Å². The summed E-state index contributed by atoms with van der Waals surface area (Å²) in [6.45, 7) is 5.37. The summed E-state index contributed by atoms with van der Waals surface area (Å²) in [6, 6.07) is 8.43. The molecule has 1 aromatic carbocycles. The fourth-order valence-electron chi connectivity index (χ4n) is 3.06. The van der Waals surface area contributed by atoms with E-state index in [9.17, 15) is 0 Å². The monoisotopic (exact) mass is 324 g/mol. The van der Waals surface area contributed by atoms with Gasteiger partial charge >= 0.3 is 0 Å². The summed E-state index contributed by atoms with van der Waals surface area (Å²) in [5, 5.41) is 12.0. The number of nitrogens with zero attached hydrogens (tertiary/aromatic N) is 5. The molecular formula is C17H20N6O. The maximum absolute atomic E-state index is 5.37. The van der Waals surface area contributed by atoms with Crippen molar-refractivity contribution in [1.82, 2.24) is 30.2 Å². The molecule has 1 aliphatic heterocycles. The Morgan fingerprint density at radius 3 is 3.08 bits per heavy atom. The molecule has 0 saturated heterocycles. The summed E-state index contributed by atoms with van der Waals surface area (Å²) in [5.74, 6) is 3.15. The van der Waals surface area contributed by atoms with Gasteiger partial charge in [-0.1, -0.05) is 28.9 Å². The van der Waals surface area contributed by atoms with Crippen molar-refractivity contribution in [3.05, 3.63) is 47.4 Å². The Morgan fingerprint density at radius 2 is 2.21 bits per heavy atom. The van der Waals surface area contributed by atoms with E-state index in [4.69, 9.17) is 4.52 Å². The fraction of sp³-hybridized carbons (Fsp3) is 0.412. The molecule has 24 heavy (non-hydrogen) atoms. The van der Waals surface area contributed by atoms with E-state index in [1.54, 1.807) is 0 Å². The molecule has 124 valence electrons. The third-order valence-electron chi connectivity index (χ3n) is 4.25. The summed E-state index contributed by atoms with van der Waals surface area (Å²) in [4.78, 5) is 8.91. The number of rotatable bonds is 4. The minimum absolute atomic E-state index is 0.341. The second-order valence-corrected chi connectivity index (χ2v) is 6.26. The highest BCUT2D eigenvalue weighted by molar-refractivity contribution is 5.55. The van der Waals surface area contributed by atoms with Gasteiger partial charge in [0.15, 0.2) is 0 Å². The zero-order chi connectivity index (χ0) is 16.5. The molecule has 0 fully saturated rings. The third-order valence-corrected chi connectivity index (χ3v) is 4.25. The first-order valence-electron chi connectivity index (χ1n) is 8.21. The number of benzene rings is 1. The summed E-state index contributed by atoms with van der Waals surface area (Å²) >= 11 is 0. The van der Waals surface area contributed by atoms with Crippen LogP contribution in [0.1, 0.15) is 29.5 Å². The Hall–Kier alpha value is -2.54. The Kier molecular flexibility index (Phi) is 3.86. The molecule has 0 bridgehead atoms. The number of aryl methyl sites for hydroxylation is 3. The predicted octanol–water partition coefficient (Wildman–Crippen LogP) is 2.05. The normalized spacial score (nSPS) is 17.0. The van der Waals surface area contributed by atoms with Crippen molar-refractivity contribution in [3.63, 3.8) is 0 Å². The molecule has 0 saturated carbocycles. The van der Waals surface area contributed by atoms with Crippen LogP contribution in [0.3, 0.4) is 0 Å². The lowest BCUT2D eigenvalue weighted by Gasteiger charge is -2.22. The van der Waals surface area contributed by atoms with Gasteiger partial charge in [0.2, 0.25) is 11.7 Å². The molecule has 3 heterocycles. The van der Waals surface area contributed by atoms with Crippen molar-refractivity contribution in [2.75, 3.05) is 0 Å². The van der Waals surface area contributed by atoms with E-state index in [0.29, 0.717) is 24.3 Å². The molecule has 0 spiro atoms. The number of fused-ring (bicyclic) bond motifs is 1. The molecule has 0 aliphatic carbocycles. The number of hydrogen-bond donors (Lipinski definition) is 1. The Bertz CT molecular complexity index is 852. The van der Waals surface area contributed by atoms with E-state index in [-0.39, 0.29) is 0 Å². The van der Waals surface area contributed by atoms with E-state index < -0.39 is 0 Å². The van der Waals surface area contributed by atoms with Crippen LogP contribution in [0.5, 0.6) is 0 Å². The highest BCUT2D eigenvalue weighted by Crippen LogP contribution is 2.17. The van der Waals surface area contributed by atoms with E-state index in [1.165, 1.54) is 5.56 Å². The highest BCUT2D eigenvalue weighted by Gasteiger charge is 2.21. The second-order valence-electron chi connectivity index (χ2n) is 6.26. The lowest BCUT2D eigenvalue weighted by atomic mass is 10.1. The molecule has 0 amide bonds. The summed E-state index contributed by atoms with van der Waals surface area (Å²) in [5.41, 5.74) is 2.16. The first kappa shape index (κ1) is 15.0. The summed E-state index contributed by atoms with van der Waals surface area (Å²) < 4.78 is 7.35. The molecule has 1 N–H and O–H groups in total. The molecule has 1 aliphatic rings. The van der Waals surface area contributed by atoms with Gasteiger partial charge in [0.1, 0.15) is 11.6 Å². The molecule has 0 unspecified atom stereocenters. The molecule has 3 aromatic rings. The van der Waals surface area contributed by atoms with Gasteiger partial charge < -0.3 is 9.84 Å². The fourth-order valence-corrected chi connectivity index (χ4v) is 3.06. The van der Waals surface area contributed by atoms with Crippen LogP contribution in [0, 0.1) is 13.8 Å². The van der Waals surface area contributed by atoms with E-state index >= 15 is 0 Å². The van der Waals surface area contributed by atoms with E-state index in [1.807, 2.05) is 23.7 Å². The number of aromatic nitrogens is 5. The average Bonchev–Trinajstić information content (AvgIpc) is 3.18. The lowest BCUT2D eigenvalue weighted by molar-refractivity contribution is 0.320. The van der Waals surface area contributed by atoms with Gasteiger partial charge in [-0.05, 0) is 26.3 Å². The molecule has 7 heteroatoms. The zero-order valence-electron chi connectivity index (χ0n) is 13.9. The molecule has 2 aromatic heterocycles. The minimum Gasteiger partial charge on any atom is -0.338 e. The summed E-state index contributed by atoms with van der Waals surface area (Å²) in [6.07, 6.45) is 1.98. The smallest absolute Gasteiger partial charge is 0.240 e. The van der Waals surface area contributed by atoms with Gasteiger partial charge in [0.25, 0.3) is 0 Å². The zero-order valence-corrected chi connectivity index (χ0v) is 13.9. The maximum Gasteiger partial charge on any atom is 0.240 e. The van der Waals surface area contributed by atoms with Gasteiger partial charge in [-0.3, -0.25) is 0 Å². The van der Waals surface area contributed by atoms with Crippen LogP contribution in [-0.4, -0.2) is 30.9 Å². The summed E-state index contributed by atoms with van der Waals surface area (Å²) in [7, 11) is 0. The largest absolute Gasteiger partial charge is 0.338 e. The first-order chi connectivity index (χ1) is 11.7. The number of nitrogens with one attached hydrogen (secondary N) is 1. The Labute approximate surface area is 140 Å². The Morgan fingerprint density at radius 1 is 1.29 bits per heavy atom. The van der Waals surface area contributed by atoms with Crippen molar-refractivity contribution in [2.45, 2.75) is 45.8 Å². The highest BCUT2D eigenvalue weighted by atomic mass is 16.5. The van der Waals surface area contributed by atoms with Gasteiger partial charge in [0, 0.05) is 18.0 Å². The van der Waals surface area contributed by atoms with Crippen molar-refractivity contribution >= 4 is 0 Å². The quantitative estimate of drug-likeness (QED) is 0.791. The SMILES string of the molecule is Cc1cccc(-c2noc(CN[C@@H]3CCc4nc(C)nn4C3)n2)c1. The van der Waals surface area contributed by atoms with Gasteiger partial charge in [0.05, 0.1) is 13.1 Å². The average molecular weight is 324 g/mol. The number of hydrogen-bond acceptors (Lipinski definition) is 6. The lowest BCUT2D eigenvalue weighted by Crippen LogP contribution is -2.37. The van der Waals surface area contributed by atoms with Crippen molar-refractivity contribution in [3.8, 4) is 11.4 Å². The minimum atomic E-state index is 0.341. The van der Waals surface area contributed by atoms with E-state index in [2.05, 4.69) is 44.6 Å². The molecular weight excluding hydrogens is 304 g/mol. The first-order valence-corrected chi connectivity index (χ1v) is 8.21. The second kappa shape index (κ2) is 6.16. The standard InChI is InChI=1S/C17H20N6O/c1-11-4-3-5-13(8-11)17-20-16(24-22-17)9-18-14-6-7-15-19-12(2)21-23(15)10-14/h3-5,8,14,18H,6-7,9-10H2,1-2H3/t14-/m1/s1. The van der Waals surface area contributed by atoms with Gasteiger partial charge in [-0.25, -0.2) is 9.67 Å². The van der Waals surface area contributed by atoms with Crippen LogP contribution in [0.15, 0.2) is 28.8 Å². The van der Waals surface area contributed by atoms with Crippen molar-refractivity contribution < 1.29 is 4.52 Å². The van der Waals surface area contributed by atoms with Crippen LogP contribution in [0.4, 0.5) is 0 Å². The van der Waals surface area contributed by atoms with Gasteiger partial charge in [-0.2, -0.15) is 10.1 Å². The van der Waals surface area contributed by atoms with Crippen LogP contribution in [0.25, 0.3) is 11.4 Å². The van der Waals surface area contributed by atoms with Crippen LogP contribution >= 0.6 is 0 Å². The predicted molar refractivity (Wildman–Crippen MR) is 88.2 cm³/mol. The molecule has 0 radical (unpaired) electrons. The Balaban J connectivity index is 1.39. The third kappa shape index (κ3) is 3.07. The molecule has 7 nitrogen and oxygen atoms in total. The van der Waals surface area contributed by atoms with Crippen LogP contribution in [0.2, 0.25) is 0 Å². The van der Waals surface area contributed by atoms with Crippen LogP contribution in [-0.2, 0) is 19.5 Å². The van der Waals surface area contributed by atoms with E-state index in [0.717, 1.165) is 36.6 Å². The topological polar surface area (TPSA) is 81.7 Å². The molecule has 4 rings (SSSR count). The maximum atomic E-state index is 5.37. The van der Waals surface area contributed by atoms with Crippen molar-refractivity contribution in [1.29, 1.82) is 0 Å².